The molecule has 3 heterocycles. The summed E-state index contributed by atoms with van der Waals surface area (Å²) in [6.45, 7) is 3.68. The van der Waals surface area contributed by atoms with Crippen LogP contribution < -0.4 is 15.6 Å². The number of aromatic nitrogens is 3. The van der Waals surface area contributed by atoms with Crippen molar-refractivity contribution in [2.75, 3.05) is 32.1 Å². The third-order valence-electron chi connectivity index (χ3n) is 8.67. The van der Waals surface area contributed by atoms with Gasteiger partial charge in [-0.2, -0.15) is 5.10 Å². The highest BCUT2D eigenvalue weighted by molar-refractivity contribution is 6.39. The summed E-state index contributed by atoms with van der Waals surface area (Å²) in [5, 5.41) is 7.32. The number of likely N-dealkylation sites (tertiary alicyclic amines) is 1. The molecule has 1 amide bonds. The number of aryl methyl sites for hydroxylation is 2. The molecule has 12 heteroatoms. The van der Waals surface area contributed by atoms with Crippen molar-refractivity contribution < 1.29 is 19.1 Å². The van der Waals surface area contributed by atoms with Crippen LogP contribution in [0.15, 0.2) is 59.5 Å². The molecule has 0 unspecified atom stereocenters. The minimum atomic E-state index is -0.597. The Balaban J connectivity index is 1.30. The Labute approximate surface area is 276 Å². The molecule has 46 heavy (non-hydrogen) atoms. The molecule has 238 valence electrons. The van der Waals surface area contributed by atoms with Gasteiger partial charge in [-0.05, 0) is 56.5 Å². The minimum Gasteiger partial charge on any atom is -0.481 e. The Morgan fingerprint density at radius 2 is 1.78 bits per heavy atom. The van der Waals surface area contributed by atoms with Crippen molar-refractivity contribution in [3.63, 3.8) is 0 Å². The number of pyridine rings is 1. The molecule has 0 saturated carbocycles. The minimum absolute atomic E-state index is 0.0542. The van der Waals surface area contributed by atoms with Crippen LogP contribution in [0.2, 0.25) is 10.0 Å². The number of carbonyl (C=O) groups excluding carboxylic acids is 2. The second-order valence-corrected chi connectivity index (χ2v) is 12.1. The third kappa shape index (κ3) is 5.88. The summed E-state index contributed by atoms with van der Waals surface area (Å²) < 4.78 is 12.2. The first-order valence-electron chi connectivity index (χ1n) is 15.1. The van der Waals surface area contributed by atoms with Crippen LogP contribution in [0.5, 0.6) is 5.88 Å². The first kappa shape index (κ1) is 31.7. The molecule has 1 aliphatic heterocycles. The number of ether oxygens (including phenoxy) is 2. The van der Waals surface area contributed by atoms with Crippen molar-refractivity contribution in [3.05, 3.63) is 91.8 Å². The summed E-state index contributed by atoms with van der Waals surface area (Å²) in [7, 11) is 3.09. The van der Waals surface area contributed by atoms with Crippen LogP contribution in [-0.2, 0) is 23.0 Å². The van der Waals surface area contributed by atoms with Crippen LogP contribution in [0.25, 0.3) is 22.4 Å². The van der Waals surface area contributed by atoms with Gasteiger partial charge >= 0.3 is 5.97 Å². The molecule has 0 spiro atoms. The topological polar surface area (TPSA) is 116 Å². The van der Waals surface area contributed by atoms with Crippen molar-refractivity contribution in [1.29, 1.82) is 0 Å². The average Bonchev–Trinajstić information content (AvgIpc) is 3.71. The summed E-state index contributed by atoms with van der Waals surface area (Å²) >= 11 is 13.9. The Hall–Kier alpha value is -4.25. The quantitative estimate of drug-likeness (QED) is 0.230. The standard InChI is InChI=1S/C34H33Cl2N5O5/c1-4-46-34(44)20-14-16-41(18-20)27-12-11-19-17-26(39-32(45-3)28(19)27)23-9-5-7-21(29(23)35)22-8-6-10-25(30(22)36)38-31(42)24-13-15-37-40(2)33(24)43/h5-10,13,15,17,20,27H,4,11-12,14,16,18H2,1-3H3,(H,38,42)/t20-,27-/m0/s1. The third-order valence-corrected chi connectivity index (χ3v) is 9.48. The maximum absolute atomic E-state index is 12.9. The lowest BCUT2D eigenvalue weighted by molar-refractivity contribution is -0.147. The molecule has 0 radical (unpaired) electrons. The lowest BCUT2D eigenvalue weighted by Gasteiger charge is -2.25. The van der Waals surface area contributed by atoms with Gasteiger partial charge in [-0.15, -0.1) is 0 Å². The second-order valence-electron chi connectivity index (χ2n) is 11.3. The van der Waals surface area contributed by atoms with Gasteiger partial charge in [0.25, 0.3) is 11.5 Å². The molecule has 2 aromatic carbocycles. The predicted molar refractivity (Wildman–Crippen MR) is 176 cm³/mol. The Bertz CT molecular complexity index is 1890. The van der Waals surface area contributed by atoms with Gasteiger partial charge in [-0.25, -0.2) is 9.67 Å². The fourth-order valence-corrected chi connectivity index (χ4v) is 7.01. The SMILES string of the molecule is CCOC(=O)[C@H]1CCN([C@H]2CCc3cc(-c4cccc(-c5cccc(NC(=O)c6ccnn(C)c6=O)c5Cl)c4Cl)nc(OC)c32)C1. The van der Waals surface area contributed by atoms with Gasteiger partial charge in [-0.3, -0.25) is 19.3 Å². The van der Waals surface area contributed by atoms with E-state index in [4.69, 9.17) is 37.7 Å². The van der Waals surface area contributed by atoms with E-state index in [9.17, 15) is 14.4 Å². The summed E-state index contributed by atoms with van der Waals surface area (Å²) in [5.41, 5.74) is 4.58. The number of esters is 1. The number of carbonyl (C=O) groups is 2. The highest BCUT2D eigenvalue weighted by Gasteiger charge is 2.38. The van der Waals surface area contributed by atoms with Gasteiger partial charge < -0.3 is 14.8 Å². The summed E-state index contributed by atoms with van der Waals surface area (Å²) in [6.07, 6.45) is 3.91. The largest absolute Gasteiger partial charge is 0.481 e. The molecule has 1 fully saturated rings. The highest BCUT2D eigenvalue weighted by atomic mass is 35.5. The van der Waals surface area contributed by atoms with Gasteiger partial charge in [0, 0.05) is 48.1 Å². The fraction of sp³-hybridized carbons (Fsp3) is 0.324. The zero-order chi connectivity index (χ0) is 32.5. The van der Waals surface area contributed by atoms with E-state index >= 15 is 0 Å². The number of methoxy groups -OCH3 is 1. The maximum Gasteiger partial charge on any atom is 0.310 e. The van der Waals surface area contributed by atoms with E-state index in [0.29, 0.717) is 52.1 Å². The van der Waals surface area contributed by atoms with E-state index in [1.165, 1.54) is 19.3 Å². The highest BCUT2D eigenvalue weighted by Crippen LogP contribution is 2.46. The molecule has 1 saturated heterocycles. The molecule has 2 aliphatic rings. The van der Waals surface area contributed by atoms with Crippen LogP contribution in [0.3, 0.4) is 0 Å². The average molecular weight is 663 g/mol. The summed E-state index contributed by atoms with van der Waals surface area (Å²) in [6, 6.07) is 14.4. The van der Waals surface area contributed by atoms with E-state index in [1.54, 1.807) is 19.2 Å². The molecule has 1 N–H and O–H groups in total. The number of nitrogens with one attached hydrogen (secondary N) is 1. The molecule has 0 bridgehead atoms. The van der Waals surface area contributed by atoms with Crippen LogP contribution >= 0.6 is 23.2 Å². The van der Waals surface area contributed by atoms with E-state index in [0.717, 1.165) is 41.6 Å². The normalized spacial score (nSPS) is 17.5. The smallest absolute Gasteiger partial charge is 0.310 e. The number of fused-ring (bicyclic) bond motifs is 1. The van der Waals surface area contributed by atoms with Crippen molar-refractivity contribution in [2.24, 2.45) is 13.0 Å². The number of hydrogen-bond donors (Lipinski definition) is 1. The Kier molecular flexibility index (Phi) is 9.13. The summed E-state index contributed by atoms with van der Waals surface area (Å²) in [4.78, 5) is 45.0. The molecule has 10 nitrogen and oxygen atoms in total. The van der Waals surface area contributed by atoms with Crippen LogP contribution in [0.4, 0.5) is 5.69 Å². The molecule has 2 aromatic heterocycles. The first-order chi connectivity index (χ1) is 22.2. The van der Waals surface area contributed by atoms with E-state index in [1.807, 2.05) is 31.2 Å². The molecular weight excluding hydrogens is 629 g/mol. The van der Waals surface area contributed by atoms with Gasteiger partial charge in [0.2, 0.25) is 5.88 Å². The lowest BCUT2D eigenvalue weighted by Crippen LogP contribution is -2.28. The molecular formula is C34H33Cl2N5O5. The van der Waals surface area contributed by atoms with Gasteiger partial charge in [0.05, 0.1) is 41.1 Å². The maximum atomic E-state index is 12.9. The monoisotopic (exact) mass is 661 g/mol. The molecule has 4 aromatic rings. The predicted octanol–water partition coefficient (Wildman–Crippen LogP) is 5.95. The molecule has 1 aliphatic carbocycles. The number of hydrogen-bond acceptors (Lipinski definition) is 8. The van der Waals surface area contributed by atoms with Gasteiger partial charge in [0.1, 0.15) is 5.56 Å². The van der Waals surface area contributed by atoms with Crippen molar-refractivity contribution >= 4 is 40.8 Å². The van der Waals surface area contributed by atoms with Crippen LogP contribution in [-0.4, -0.2) is 58.3 Å². The molecule has 2 atom stereocenters. The number of amides is 1. The van der Waals surface area contributed by atoms with E-state index in [-0.39, 0.29) is 28.5 Å². The lowest BCUT2D eigenvalue weighted by atomic mass is 9.99. The number of nitrogens with zero attached hydrogens (tertiary/aromatic N) is 4. The van der Waals surface area contributed by atoms with Crippen LogP contribution in [0.1, 0.15) is 47.3 Å². The van der Waals surface area contributed by atoms with E-state index < -0.39 is 11.5 Å². The van der Waals surface area contributed by atoms with Crippen molar-refractivity contribution in [1.82, 2.24) is 19.7 Å². The zero-order valence-corrected chi connectivity index (χ0v) is 27.2. The van der Waals surface area contributed by atoms with E-state index in [2.05, 4.69) is 21.4 Å². The fourth-order valence-electron chi connectivity index (χ4n) is 6.41. The number of rotatable bonds is 8. The number of anilines is 1. The zero-order valence-electron chi connectivity index (χ0n) is 25.7. The first-order valence-corrected chi connectivity index (χ1v) is 15.9. The van der Waals surface area contributed by atoms with Crippen molar-refractivity contribution in [3.8, 4) is 28.3 Å². The van der Waals surface area contributed by atoms with Crippen LogP contribution in [0, 0.1) is 5.92 Å². The molecule has 6 rings (SSSR count). The van der Waals surface area contributed by atoms with Gasteiger partial charge in [0.15, 0.2) is 0 Å². The Morgan fingerprint density at radius 3 is 2.54 bits per heavy atom. The summed E-state index contributed by atoms with van der Waals surface area (Å²) in [5.74, 6) is -0.308. The Morgan fingerprint density at radius 1 is 1.04 bits per heavy atom. The second kappa shape index (κ2) is 13.2. The van der Waals surface area contributed by atoms with Gasteiger partial charge in [-0.1, -0.05) is 53.5 Å². The number of halogens is 2. The number of benzene rings is 2. The van der Waals surface area contributed by atoms with Crippen molar-refractivity contribution in [2.45, 2.75) is 32.2 Å².